The molecular formula is C26H27NO4. The highest BCUT2D eigenvalue weighted by Crippen LogP contribution is 2.51. The Morgan fingerprint density at radius 3 is 2.55 bits per heavy atom. The molecule has 3 aromatic carbocycles. The van der Waals surface area contributed by atoms with E-state index in [0.29, 0.717) is 12.4 Å². The second kappa shape index (κ2) is 7.65. The van der Waals surface area contributed by atoms with Crippen LogP contribution in [0.5, 0.6) is 17.2 Å². The number of hydrogen-bond acceptors (Lipinski definition) is 4. The van der Waals surface area contributed by atoms with Gasteiger partial charge in [0.05, 0.1) is 12.0 Å². The van der Waals surface area contributed by atoms with Crippen LogP contribution in [-0.4, -0.2) is 19.3 Å². The van der Waals surface area contributed by atoms with E-state index >= 15 is 0 Å². The number of carbonyl (C=O) groups is 1. The minimum atomic E-state index is -0.495. The molecule has 0 spiro atoms. The fourth-order valence-corrected chi connectivity index (χ4v) is 4.12. The third kappa shape index (κ3) is 3.61. The summed E-state index contributed by atoms with van der Waals surface area (Å²) in [4.78, 5) is 13.2. The maximum atomic E-state index is 13.2. The van der Waals surface area contributed by atoms with Crippen molar-refractivity contribution in [3.63, 3.8) is 0 Å². The molecule has 1 amide bonds. The molecule has 0 aromatic heterocycles. The average molecular weight is 418 g/mol. The Morgan fingerprint density at radius 2 is 1.81 bits per heavy atom. The van der Waals surface area contributed by atoms with Gasteiger partial charge in [-0.05, 0) is 85.3 Å². The van der Waals surface area contributed by atoms with Crippen molar-refractivity contribution in [2.24, 2.45) is 0 Å². The number of benzene rings is 3. The number of hydrogen-bond donors (Lipinski definition) is 1. The van der Waals surface area contributed by atoms with Crippen molar-refractivity contribution in [2.75, 3.05) is 18.7 Å². The lowest BCUT2D eigenvalue weighted by Crippen LogP contribution is -2.27. The van der Waals surface area contributed by atoms with Crippen LogP contribution in [0.4, 0.5) is 5.69 Å². The SMILES string of the molecule is CCOc1ccc(-c2cc(NC(=O)C3(c4ccc5c(c4)OCO5)CC3)ccc2C)cc1.[HH]. The predicted molar refractivity (Wildman–Crippen MR) is 122 cm³/mol. The van der Waals surface area contributed by atoms with Gasteiger partial charge in [-0.2, -0.15) is 0 Å². The summed E-state index contributed by atoms with van der Waals surface area (Å²) in [5.74, 6) is 2.32. The van der Waals surface area contributed by atoms with Gasteiger partial charge in [-0.3, -0.25) is 4.79 Å². The van der Waals surface area contributed by atoms with Gasteiger partial charge in [0.1, 0.15) is 5.75 Å². The zero-order chi connectivity index (χ0) is 21.4. The summed E-state index contributed by atoms with van der Waals surface area (Å²) in [6.07, 6.45) is 1.66. The molecular weight excluding hydrogens is 390 g/mol. The van der Waals surface area contributed by atoms with E-state index in [0.717, 1.165) is 52.3 Å². The molecule has 1 N–H and O–H groups in total. The van der Waals surface area contributed by atoms with Crippen molar-refractivity contribution in [3.05, 3.63) is 71.8 Å². The summed E-state index contributed by atoms with van der Waals surface area (Å²) in [5, 5.41) is 3.14. The molecule has 3 aromatic rings. The Kier molecular flexibility index (Phi) is 4.81. The molecule has 0 bridgehead atoms. The number of anilines is 1. The third-order valence-electron chi connectivity index (χ3n) is 6.08. The van der Waals surface area contributed by atoms with Gasteiger partial charge >= 0.3 is 0 Å². The maximum Gasteiger partial charge on any atom is 0.235 e. The molecule has 1 aliphatic heterocycles. The molecule has 0 unspecified atom stereocenters. The second-order valence-corrected chi connectivity index (χ2v) is 8.09. The van der Waals surface area contributed by atoms with Crippen molar-refractivity contribution in [1.29, 1.82) is 0 Å². The standard InChI is InChI=1S/C26H25NO4.H2/c1-3-29-21-9-5-18(6-10-21)22-15-20(8-4-17(22)2)27-25(28)26(12-13-26)19-7-11-23-24(14-19)31-16-30-23;/h4-11,14-15H,3,12-13,16H2,1-2H3,(H,27,28);1H. The van der Waals surface area contributed by atoms with Gasteiger partial charge in [-0.15, -0.1) is 0 Å². The topological polar surface area (TPSA) is 56.8 Å². The molecule has 5 rings (SSSR count). The van der Waals surface area contributed by atoms with Crippen LogP contribution in [0.3, 0.4) is 0 Å². The average Bonchev–Trinajstić information content (AvgIpc) is 3.47. The van der Waals surface area contributed by atoms with E-state index in [1.54, 1.807) is 0 Å². The first kappa shape index (κ1) is 19.5. The maximum absolute atomic E-state index is 13.2. The first-order valence-corrected chi connectivity index (χ1v) is 10.6. The minimum Gasteiger partial charge on any atom is -0.494 e. The fourth-order valence-electron chi connectivity index (χ4n) is 4.12. The quantitative estimate of drug-likeness (QED) is 0.558. The molecule has 0 saturated heterocycles. The van der Waals surface area contributed by atoms with Crippen LogP contribution in [0.25, 0.3) is 11.1 Å². The number of ether oxygens (including phenoxy) is 3. The van der Waals surface area contributed by atoms with Gasteiger partial charge in [0, 0.05) is 7.11 Å². The van der Waals surface area contributed by atoms with E-state index in [2.05, 4.69) is 12.2 Å². The van der Waals surface area contributed by atoms with Gasteiger partial charge in [0.25, 0.3) is 0 Å². The number of rotatable bonds is 6. The number of amides is 1. The lowest BCUT2D eigenvalue weighted by molar-refractivity contribution is -0.118. The molecule has 31 heavy (non-hydrogen) atoms. The van der Waals surface area contributed by atoms with Crippen LogP contribution >= 0.6 is 0 Å². The second-order valence-electron chi connectivity index (χ2n) is 8.09. The van der Waals surface area contributed by atoms with E-state index in [1.165, 1.54) is 0 Å². The number of nitrogens with one attached hydrogen (secondary N) is 1. The number of carbonyl (C=O) groups excluding carboxylic acids is 1. The molecule has 1 aliphatic carbocycles. The normalized spacial score (nSPS) is 15.4. The molecule has 5 heteroatoms. The Labute approximate surface area is 183 Å². The van der Waals surface area contributed by atoms with Crippen LogP contribution < -0.4 is 19.5 Å². The summed E-state index contributed by atoms with van der Waals surface area (Å²) in [7, 11) is 0. The lowest BCUT2D eigenvalue weighted by atomic mass is 9.94. The van der Waals surface area contributed by atoms with Crippen molar-refractivity contribution in [1.82, 2.24) is 0 Å². The Bertz CT molecular complexity index is 1140. The lowest BCUT2D eigenvalue weighted by Gasteiger charge is -2.17. The highest BCUT2D eigenvalue weighted by Gasteiger charge is 2.51. The summed E-state index contributed by atoms with van der Waals surface area (Å²) in [6, 6.07) is 19.9. The summed E-state index contributed by atoms with van der Waals surface area (Å²) in [6.45, 7) is 4.92. The van der Waals surface area contributed by atoms with Gasteiger partial charge in [0.2, 0.25) is 12.7 Å². The van der Waals surface area contributed by atoms with Crippen molar-refractivity contribution in [3.8, 4) is 28.4 Å². The molecule has 5 nitrogen and oxygen atoms in total. The van der Waals surface area contributed by atoms with Crippen molar-refractivity contribution in [2.45, 2.75) is 32.1 Å². The molecule has 1 fully saturated rings. The van der Waals surface area contributed by atoms with Gasteiger partial charge < -0.3 is 19.5 Å². The van der Waals surface area contributed by atoms with E-state index < -0.39 is 5.41 Å². The van der Waals surface area contributed by atoms with E-state index in [9.17, 15) is 4.79 Å². The van der Waals surface area contributed by atoms with Gasteiger partial charge in [0.15, 0.2) is 11.5 Å². The van der Waals surface area contributed by atoms with Gasteiger partial charge in [-0.1, -0.05) is 24.3 Å². The number of fused-ring (bicyclic) bond motifs is 1. The van der Waals surface area contributed by atoms with E-state index in [4.69, 9.17) is 14.2 Å². The fraction of sp³-hybridized carbons (Fsp3) is 0.269. The molecule has 0 radical (unpaired) electrons. The molecule has 1 saturated carbocycles. The summed E-state index contributed by atoms with van der Waals surface area (Å²) >= 11 is 0. The van der Waals surface area contributed by atoms with Gasteiger partial charge in [-0.25, -0.2) is 0 Å². The zero-order valence-corrected chi connectivity index (χ0v) is 17.7. The smallest absolute Gasteiger partial charge is 0.235 e. The predicted octanol–water partition coefficient (Wildman–Crippen LogP) is 5.71. The highest BCUT2D eigenvalue weighted by atomic mass is 16.7. The first-order chi connectivity index (χ1) is 15.1. The molecule has 2 aliphatic rings. The minimum absolute atomic E-state index is 0. The van der Waals surface area contributed by atoms with Crippen LogP contribution in [0.2, 0.25) is 0 Å². The monoisotopic (exact) mass is 417 g/mol. The van der Waals surface area contributed by atoms with Crippen LogP contribution in [0.1, 0.15) is 32.3 Å². The van der Waals surface area contributed by atoms with Crippen LogP contribution in [-0.2, 0) is 10.2 Å². The Hall–Kier alpha value is -3.47. The van der Waals surface area contributed by atoms with E-state index in [-0.39, 0.29) is 14.1 Å². The molecule has 160 valence electrons. The zero-order valence-electron chi connectivity index (χ0n) is 17.7. The Morgan fingerprint density at radius 1 is 1.03 bits per heavy atom. The van der Waals surface area contributed by atoms with Crippen LogP contribution in [0.15, 0.2) is 60.7 Å². The highest BCUT2D eigenvalue weighted by molar-refractivity contribution is 6.02. The summed E-state index contributed by atoms with van der Waals surface area (Å²) < 4.78 is 16.4. The van der Waals surface area contributed by atoms with Crippen LogP contribution in [0, 0.1) is 6.92 Å². The largest absolute Gasteiger partial charge is 0.494 e. The molecule has 1 heterocycles. The molecule has 0 atom stereocenters. The summed E-state index contributed by atoms with van der Waals surface area (Å²) in [5.41, 5.74) is 4.62. The van der Waals surface area contributed by atoms with Crippen molar-refractivity contribution >= 4 is 11.6 Å². The third-order valence-corrected chi connectivity index (χ3v) is 6.08. The number of aryl methyl sites for hydroxylation is 1. The van der Waals surface area contributed by atoms with E-state index in [1.807, 2.05) is 67.6 Å². The van der Waals surface area contributed by atoms with Crippen molar-refractivity contribution < 1.29 is 20.4 Å². The first-order valence-electron chi connectivity index (χ1n) is 10.6. The Balaban J connectivity index is 0.00000245.